The molecule has 2 aromatic heterocycles. The molecule has 2 heterocycles. The van der Waals surface area contributed by atoms with E-state index in [1.54, 1.807) is 17.5 Å². The van der Waals surface area contributed by atoms with Crippen molar-refractivity contribution >= 4 is 27.3 Å². The fraction of sp³-hybridized carbons (Fsp3) is 0.125. The van der Waals surface area contributed by atoms with Crippen molar-refractivity contribution in [2.75, 3.05) is 0 Å². The molecule has 0 aliphatic heterocycles. The zero-order chi connectivity index (χ0) is 9.26. The maximum Gasteiger partial charge on any atom is 0.166 e. The van der Waals surface area contributed by atoms with Crippen LogP contribution in [0.25, 0.3) is 10.7 Å². The van der Waals surface area contributed by atoms with Crippen LogP contribution in [0.4, 0.5) is 0 Å². The average molecular weight is 256 g/mol. The second kappa shape index (κ2) is 3.51. The van der Waals surface area contributed by atoms with Gasteiger partial charge in [-0.2, -0.15) is 0 Å². The molecule has 0 amide bonds. The first-order valence-electron chi connectivity index (χ1n) is 3.68. The lowest BCUT2D eigenvalue weighted by atomic mass is 10.4. The van der Waals surface area contributed by atoms with Gasteiger partial charge in [0.25, 0.3) is 0 Å². The van der Waals surface area contributed by atoms with Crippen molar-refractivity contribution in [3.63, 3.8) is 0 Å². The Labute approximate surface area is 88.0 Å². The number of aromatic nitrogens is 3. The molecular formula is C8H6BrN3S. The molecule has 66 valence electrons. The van der Waals surface area contributed by atoms with Gasteiger partial charge in [0, 0.05) is 10.7 Å². The molecule has 0 atom stereocenters. The maximum absolute atomic E-state index is 4.22. The van der Waals surface area contributed by atoms with Crippen LogP contribution in [0.1, 0.15) is 5.01 Å². The Morgan fingerprint density at radius 2 is 2.15 bits per heavy atom. The van der Waals surface area contributed by atoms with Crippen molar-refractivity contribution in [1.29, 1.82) is 0 Å². The van der Waals surface area contributed by atoms with Gasteiger partial charge < -0.3 is 0 Å². The van der Waals surface area contributed by atoms with E-state index in [4.69, 9.17) is 0 Å². The summed E-state index contributed by atoms with van der Waals surface area (Å²) in [7, 11) is 0. The monoisotopic (exact) mass is 255 g/mol. The van der Waals surface area contributed by atoms with Gasteiger partial charge in [-0.1, -0.05) is 11.3 Å². The zero-order valence-corrected chi connectivity index (χ0v) is 9.26. The number of hydrogen-bond donors (Lipinski definition) is 0. The third-order valence-corrected chi connectivity index (χ3v) is 2.80. The summed E-state index contributed by atoms with van der Waals surface area (Å²) in [6.07, 6.45) is 1.76. The van der Waals surface area contributed by atoms with Crippen LogP contribution in [-0.4, -0.2) is 15.2 Å². The molecule has 0 unspecified atom stereocenters. The number of nitrogens with zero attached hydrogens (tertiary/aromatic N) is 3. The third-order valence-electron chi connectivity index (χ3n) is 1.47. The number of pyridine rings is 1. The van der Waals surface area contributed by atoms with Crippen molar-refractivity contribution in [1.82, 2.24) is 15.2 Å². The smallest absolute Gasteiger partial charge is 0.166 e. The Morgan fingerprint density at radius 1 is 1.31 bits per heavy atom. The van der Waals surface area contributed by atoms with Crippen molar-refractivity contribution in [2.45, 2.75) is 6.92 Å². The largest absolute Gasteiger partial charge is 0.252 e. The molecule has 2 rings (SSSR count). The molecule has 0 aliphatic rings. The molecule has 3 nitrogen and oxygen atoms in total. The Balaban J connectivity index is 2.41. The van der Waals surface area contributed by atoms with Gasteiger partial charge in [0.05, 0.1) is 0 Å². The molecule has 0 spiro atoms. The summed E-state index contributed by atoms with van der Waals surface area (Å²) in [5.41, 5.74) is 0.869. The van der Waals surface area contributed by atoms with Gasteiger partial charge in [-0.3, -0.25) is 4.98 Å². The highest BCUT2D eigenvalue weighted by Gasteiger charge is 2.04. The first-order chi connectivity index (χ1) is 6.25. The minimum absolute atomic E-state index is 0.866. The van der Waals surface area contributed by atoms with Crippen molar-refractivity contribution < 1.29 is 0 Å². The molecule has 0 radical (unpaired) electrons. The molecule has 5 heteroatoms. The number of halogens is 1. The van der Waals surface area contributed by atoms with E-state index in [2.05, 4.69) is 31.1 Å². The second-order valence-electron chi connectivity index (χ2n) is 2.49. The van der Waals surface area contributed by atoms with Gasteiger partial charge in [-0.25, -0.2) is 0 Å². The first-order valence-corrected chi connectivity index (χ1v) is 5.29. The van der Waals surface area contributed by atoms with Crippen LogP contribution in [0.3, 0.4) is 0 Å². The van der Waals surface area contributed by atoms with E-state index >= 15 is 0 Å². The average Bonchev–Trinajstić information content (AvgIpc) is 2.53. The Hall–Kier alpha value is -0.810. The maximum atomic E-state index is 4.22. The minimum atomic E-state index is 0.866. The minimum Gasteiger partial charge on any atom is -0.252 e. The van der Waals surface area contributed by atoms with Crippen LogP contribution in [0.5, 0.6) is 0 Å². The fourth-order valence-electron chi connectivity index (χ4n) is 0.902. The highest BCUT2D eigenvalue weighted by Crippen LogP contribution is 2.21. The van der Waals surface area contributed by atoms with Gasteiger partial charge >= 0.3 is 0 Å². The molecular weight excluding hydrogens is 250 g/mol. The SMILES string of the molecule is Cc1nnc(-c2ccc(Br)cn2)s1. The predicted molar refractivity (Wildman–Crippen MR) is 55.6 cm³/mol. The Bertz CT molecular complexity index is 410. The summed E-state index contributed by atoms with van der Waals surface area (Å²) in [6.45, 7) is 1.93. The topological polar surface area (TPSA) is 38.7 Å². The number of rotatable bonds is 1. The molecule has 0 bridgehead atoms. The van der Waals surface area contributed by atoms with E-state index in [1.165, 1.54) is 0 Å². The van der Waals surface area contributed by atoms with E-state index in [0.29, 0.717) is 0 Å². The lowest BCUT2D eigenvalue weighted by Gasteiger charge is -1.92. The normalized spacial score (nSPS) is 10.3. The lowest BCUT2D eigenvalue weighted by Crippen LogP contribution is -1.81. The lowest BCUT2D eigenvalue weighted by molar-refractivity contribution is 1.05. The van der Waals surface area contributed by atoms with E-state index in [-0.39, 0.29) is 0 Å². The summed E-state index contributed by atoms with van der Waals surface area (Å²) >= 11 is 4.87. The molecule has 13 heavy (non-hydrogen) atoms. The van der Waals surface area contributed by atoms with Crippen LogP contribution in [0.2, 0.25) is 0 Å². The molecule has 0 saturated carbocycles. The van der Waals surface area contributed by atoms with Crippen LogP contribution >= 0.6 is 27.3 Å². The third kappa shape index (κ3) is 1.92. The van der Waals surface area contributed by atoms with E-state index in [0.717, 1.165) is 20.2 Å². The second-order valence-corrected chi connectivity index (χ2v) is 4.59. The molecule has 0 saturated heterocycles. The highest BCUT2D eigenvalue weighted by molar-refractivity contribution is 9.10. The fourth-order valence-corrected chi connectivity index (χ4v) is 1.81. The Kier molecular flexibility index (Phi) is 2.37. The standard InChI is InChI=1S/C8H6BrN3S/c1-5-11-12-8(13-5)7-3-2-6(9)4-10-7/h2-4H,1H3. The molecule has 0 aromatic carbocycles. The van der Waals surface area contributed by atoms with Crippen molar-refractivity contribution in [3.05, 3.63) is 27.8 Å². The van der Waals surface area contributed by atoms with Gasteiger partial charge in [0.2, 0.25) is 0 Å². The van der Waals surface area contributed by atoms with Gasteiger partial charge in [0.1, 0.15) is 10.7 Å². The molecule has 0 N–H and O–H groups in total. The summed E-state index contributed by atoms with van der Waals surface area (Å²) < 4.78 is 0.970. The summed E-state index contributed by atoms with van der Waals surface area (Å²) in [4.78, 5) is 4.22. The number of aryl methyl sites for hydroxylation is 1. The van der Waals surface area contributed by atoms with Crippen LogP contribution < -0.4 is 0 Å². The first kappa shape index (κ1) is 8.77. The highest BCUT2D eigenvalue weighted by atomic mass is 79.9. The van der Waals surface area contributed by atoms with Crippen LogP contribution in [0, 0.1) is 6.92 Å². The zero-order valence-electron chi connectivity index (χ0n) is 6.86. The quantitative estimate of drug-likeness (QED) is 0.787. The molecule has 0 aliphatic carbocycles. The Morgan fingerprint density at radius 3 is 2.69 bits per heavy atom. The van der Waals surface area contributed by atoms with E-state index in [9.17, 15) is 0 Å². The van der Waals surface area contributed by atoms with Gasteiger partial charge in [0.15, 0.2) is 5.01 Å². The van der Waals surface area contributed by atoms with Crippen molar-refractivity contribution in [2.24, 2.45) is 0 Å². The summed E-state index contributed by atoms with van der Waals surface area (Å²) in [6, 6.07) is 3.86. The van der Waals surface area contributed by atoms with Crippen molar-refractivity contribution in [3.8, 4) is 10.7 Å². The van der Waals surface area contributed by atoms with Crippen LogP contribution in [-0.2, 0) is 0 Å². The molecule has 2 aromatic rings. The van der Waals surface area contributed by atoms with E-state index < -0.39 is 0 Å². The summed E-state index contributed by atoms with van der Waals surface area (Å²) in [5, 5.41) is 9.76. The van der Waals surface area contributed by atoms with E-state index in [1.807, 2.05) is 19.1 Å². The van der Waals surface area contributed by atoms with Gasteiger partial charge in [-0.15, -0.1) is 10.2 Å². The predicted octanol–water partition coefficient (Wildman–Crippen LogP) is 2.67. The van der Waals surface area contributed by atoms with Crippen LogP contribution in [0.15, 0.2) is 22.8 Å². The number of hydrogen-bond acceptors (Lipinski definition) is 4. The summed E-state index contributed by atoms with van der Waals surface area (Å²) in [5.74, 6) is 0. The van der Waals surface area contributed by atoms with Gasteiger partial charge in [-0.05, 0) is 35.0 Å². The molecule has 0 fully saturated rings.